The number of pyridine rings is 2. The normalized spacial score (nSPS) is 11.5. The standard InChI is InChI=1S/C22H14N4/c23-15-19(21-8-1-3-10-25-21)13-17-6-5-7-18(12-17)14-20(16-24)22-9-2-4-11-26-22/h1-14H/b19-13+,20-14+. The molecule has 122 valence electrons. The quantitative estimate of drug-likeness (QED) is 0.653. The number of allylic oxidation sites excluding steroid dienone is 2. The minimum atomic E-state index is 0.483. The van der Waals surface area contributed by atoms with E-state index in [1.807, 2.05) is 48.5 Å². The average molecular weight is 334 g/mol. The van der Waals surface area contributed by atoms with Gasteiger partial charge in [0.2, 0.25) is 0 Å². The van der Waals surface area contributed by atoms with Crippen LogP contribution < -0.4 is 0 Å². The molecule has 4 nitrogen and oxygen atoms in total. The Hall–Kier alpha value is -4.02. The summed E-state index contributed by atoms with van der Waals surface area (Å²) in [6, 6.07) is 22.9. The number of aromatic nitrogens is 2. The fourth-order valence-corrected chi connectivity index (χ4v) is 2.44. The maximum Gasteiger partial charge on any atom is 0.101 e. The van der Waals surface area contributed by atoms with Crippen molar-refractivity contribution in [2.75, 3.05) is 0 Å². The Labute approximate surface area is 152 Å². The fraction of sp³-hybridized carbons (Fsp3) is 0. The molecule has 0 aliphatic rings. The van der Waals surface area contributed by atoms with Gasteiger partial charge in [-0.3, -0.25) is 9.97 Å². The van der Waals surface area contributed by atoms with Crippen molar-refractivity contribution >= 4 is 23.3 Å². The maximum atomic E-state index is 9.42. The molecule has 3 rings (SSSR count). The van der Waals surface area contributed by atoms with Crippen molar-refractivity contribution in [3.8, 4) is 12.1 Å². The van der Waals surface area contributed by atoms with Crippen LogP contribution in [0.3, 0.4) is 0 Å². The van der Waals surface area contributed by atoms with Gasteiger partial charge in [-0.05, 0) is 53.6 Å². The van der Waals surface area contributed by atoms with Gasteiger partial charge >= 0.3 is 0 Å². The molecule has 0 radical (unpaired) electrons. The summed E-state index contributed by atoms with van der Waals surface area (Å²) in [4.78, 5) is 8.43. The third-order valence-corrected chi connectivity index (χ3v) is 3.66. The molecule has 26 heavy (non-hydrogen) atoms. The highest BCUT2D eigenvalue weighted by atomic mass is 14.7. The van der Waals surface area contributed by atoms with Crippen molar-refractivity contribution in [2.45, 2.75) is 0 Å². The Morgan fingerprint density at radius 3 is 1.58 bits per heavy atom. The summed E-state index contributed by atoms with van der Waals surface area (Å²) in [5.41, 5.74) is 3.94. The molecule has 2 heterocycles. The van der Waals surface area contributed by atoms with E-state index in [1.54, 1.807) is 36.7 Å². The van der Waals surface area contributed by atoms with E-state index in [9.17, 15) is 10.5 Å². The van der Waals surface area contributed by atoms with Gasteiger partial charge in [-0.1, -0.05) is 30.3 Å². The molecule has 0 spiro atoms. The van der Waals surface area contributed by atoms with Crippen molar-refractivity contribution < 1.29 is 0 Å². The summed E-state index contributed by atoms with van der Waals surface area (Å²) in [5, 5.41) is 18.8. The van der Waals surface area contributed by atoms with Gasteiger partial charge in [-0.25, -0.2) is 0 Å². The molecule has 0 aliphatic carbocycles. The van der Waals surface area contributed by atoms with Crippen LogP contribution in [0.5, 0.6) is 0 Å². The smallest absolute Gasteiger partial charge is 0.101 e. The first-order chi connectivity index (χ1) is 12.8. The summed E-state index contributed by atoms with van der Waals surface area (Å²) in [6.45, 7) is 0. The van der Waals surface area contributed by atoms with Crippen LogP contribution in [0.2, 0.25) is 0 Å². The van der Waals surface area contributed by atoms with Crippen molar-refractivity contribution in [1.82, 2.24) is 9.97 Å². The second kappa shape index (κ2) is 8.19. The molecule has 0 N–H and O–H groups in total. The molecular formula is C22H14N4. The minimum Gasteiger partial charge on any atom is -0.256 e. The van der Waals surface area contributed by atoms with E-state index in [-0.39, 0.29) is 0 Å². The largest absolute Gasteiger partial charge is 0.256 e. The Bertz CT molecular complexity index is 954. The SMILES string of the molecule is N#C/C(=C\c1cccc(/C=C(\C#N)c2ccccn2)c1)c1ccccn1. The molecule has 2 aromatic heterocycles. The lowest BCUT2D eigenvalue weighted by atomic mass is 10.0. The molecule has 4 heteroatoms. The Balaban J connectivity index is 1.96. The topological polar surface area (TPSA) is 73.4 Å². The average Bonchev–Trinajstić information content (AvgIpc) is 2.72. The molecular weight excluding hydrogens is 320 g/mol. The molecule has 0 amide bonds. The Kier molecular flexibility index (Phi) is 5.30. The molecule has 0 atom stereocenters. The number of nitriles is 2. The van der Waals surface area contributed by atoms with E-state index in [1.165, 1.54) is 0 Å². The van der Waals surface area contributed by atoms with Crippen molar-refractivity contribution in [3.05, 3.63) is 95.6 Å². The van der Waals surface area contributed by atoms with E-state index >= 15 is 0 Å². The Morgan fingerprint density at radius 1 is 0.692 bits per heavy atom. The summed E-state index contributed by atoms with van der Waals surface area (Å²) >= 11 is 0. The van der Waals surface area contributed by atoms with Crippen LogP contribution >= 0.6 is 0 Å². The lowest BCUT2D eigenvalue weighted by Gasteiger charge is -2.02. The van der Waals surface area contributed by atoms with Crippen molar-refractivity contribution in [1.29, 1.82) is 10.5 Å². The van der Waals surface area contributed by atoms with Crippen LogP contribution in [0.4, 0.5) is 0 Å². The molecule has 0 saturated carbocycles. The molecule has 0 fully saturated rings. The molecule has 1 aromatic carbocycles. The second-order valence-electron chi connectivity index (χ2n) is 5.44. The van der Waals surface area contributed by atoms with Crippen LogP contribution in [0.1, 0.15) is 22.5 Å². The van der Waals surface area contributed by atoms with Crippen LogP contribution in [-0.4, -0.2) is 9.97 Å². The minimum absolute atomic E-state index is 0.483. The number of nitrogens with zero attached hydrogens (tertiary/aromatic N) is 4. The van der Waals surface area contributed by atoms with Crippen LogP contribution in [0.25, 0.3) is 23.3 Å². The van der Waals surface area contributed by atoms with E-state index < -0.39 is 0 Å². The Morgan fingerprint density at radius 2 is 1.19 bits per heavy atom. The number of hydrogen-bond donors (Lipinski definition) is 0. The third-order valence-electron chi connectivity index (χ3n) is 3.66. The zero-order valence-electron chi connectivity index (χ0n) is 13.9. The van der Waals surface area contributed by atoms with Gasteiger partial charge in [0.15, 0.2) is 0 Å². The maximum absolute atomic E-state index is 9.42. The van der Waals surface area contributed by atoms with Crippen LogP contribution in [-0.2, 0) is 0 Å². The molecule has 0 aliphatic heterocycles. The van der Waals surface area contributed by atoms with Gasteiger partial charge in [-0.2, -0.15) is 10.5 Å². The van der Waals surface area contributed by atoms with E-state index in [0.29, 0.717) is 22.5 Å². The van der Waals surface area contributed by atoms with Gasteiger partial charge in [0, 0.05) is 12.4 Å². The van der Waals surface area contributed by atoms with Gasteiger partial charge in [0.25, 0.3) is 0 Å². The first-order valence-electron chi connectivity index (χ1n) is 7.96. The number of hydrogen-bond acceptors (Lipinski definition) is 4. The first-order valence-corrected chi connectivity index (χ1v) is 7.96. The summed E-state index contributed by atoms with van der Waals surface area (Å²) in [7, 11) is 0. The zero-order valence-corrected chi connectivity index (χ0v) is 13.9. The lowest BCUT2D eigenvalue weighted by molar-refractivity contribution is 1.28. The zero-order chi connectivity index (χ0) is 18.2. The molecule has 0 unspecified atom stereocenters. The second-order valence-corrected chi connectivity index (χ2v) is 5.44. The molecule has 0 bridgehead atoms. The first kappa shape index (κ1) is 16.8. The highest BCUT2D eigenvalue weighted by Gasteiger charge is 2.04. The van der Waals surface area contributed by atoms with E-state index in [2.05, 4.69) is 22.1 Å². The highest BCUT2D eigenvalue weighted by molar-refractivity contribution is 5.90. The van der Waals surface area contributed by atoms with Crippen LogP contribution in [0.15, 0.2) is 73.1 Å². The molecule has 0 saturated heterocycles. The fourth-order valence-electron chi connectivity index (χ4n) is 2.44. The van der Waals surface area contributed by atoms with Crippen LogP contribution in [0, 0.1) is 22.7 Å². The number of rotatable bonds is 4. The summed E-state index contributed by atoms with van der Waals surface area (Å²) in [6.07, 6.45) is 6.89. The summed E-state index contributed by atoms with van der Waals surface area (Å²) < 4.78 is 0. The van der Waals surface area contributed by atoms with Crippen molar-refractivity contribution in [2.24, 2.45) is 0 Å². The predicted molar refractivity (Wildman–Crippen MR) is 102 cm³/mol. The van der Waals surface area contributed by atoms with Gasteiger partial charge < -0.3 is 0 Å². The molecule has 3 aromatic rings. The van der Waals surface area contributed by atoms with Crippen molar-refractivity contribution in [3.63, 3.8) is 0 Å². The van der Waals surface area contributed by atoms with Gasteiger partial charge in [0.05, 0.1) is 22.5 Å². The van der Waals surface area contributed by atoms with Gasteiger partial charge in [-0.15, -0.1) is 0 Å². The predicted octanol–water partition coefficient (Wildman–Crippen LogP) is 4.60. The van der Waals surface area contributed by atoms with E-state index in [4.69, 9.17) is 0 Å². The number of benzene rings is 1. The monoisotopic (exact) mass is 334 g/mol. The lowest BCUT2D eigenvalue weighted by Crippen LogP contribution is -1.87. The van der Waals surface area contributed by atoms with Gasteiger partial charge in [0.1, 0.15) is 12.1 Å². The highest BCUT2D eigenvalue weighted by Crippen LogP contribution is 2.19. The summed E-state index contributed by atoms with van der Waals surface area (Å²) in [5.74, 6) is 0. The van der Waals surface area contributed by atoms with E-state index in [0.717, 1.165) is 11.1 Å². The third kappa shape index (κ3) is 4.08.